The Hall–Kier alpha value is -2.29. The van der Waals surface area contributed by atoms with E-state index in [1.54, 1.807) is 6.07 Å². The van der Waals surface area contributed by atoms with Gasteiger partial charge in [0.05, 0.1) is 0 Å². The zero-order chi connectivity index (χ0) is 14.1. The van der Waals surface area contributed by atoms with Crippen molar-refractivity contribution in [2.75, 3.05) is 0 Å². The van der Waals surface area contributed by atoms with Crippen LogP contribution in [0.15, 0.2) is 47.3 Å². The van der Waals surface area contributed by atoms with Crippen LogP contribution in [0.1, 0.15) is 29.4 Å². The van der Waals surface area contributed by atoms with Gasteiger partial charge in [0.25, 0.3) is 0 Å². The monoisotopic (exact) mass is 266 g/mol. The van der Waals surface area contributed by atoms with E-state index in [1.807, 2.05) is 35.7 Å². The predicted octanol–water partition coefficient (Wildman–Crippen LogP) is 3.09. The van der Waals surface area contributed by atoms with Gasteiger partial charge in [0.2, 0.25) is 5.43 Å². The number of rotatable bonds is 3. The molecule has 0 aliphatic carbocycles. The minimum Gasteiger partial charge on any atom is -0.298 e. The largest absolute Gasteiger partial charge is 0.298 e. The second-order valence-electron chi connectivity index (χ2n) is 5.16. The molecule has 20 heavy (non-hydrogen) atoms. The molecule has 2 heterocycles. The lowest BCUT2D eigenvalue weighted by molar-refractivity contribution is 0.832. The van der Waals surface area contributed by atoms with Crippen LogP contribution in [0, 0.1) is 6.92 Å². The van der Waals surface area contributed by atoms with Crippen molar-refractivity contribution >= 4 is 5.52 Å². The van der Waals surface area contributed by atoms with Crippen LogP contribution in [0.4, 0.5) is 0 Å². The number of nitrogens with zero attached hydrogens (tertiary/aromatic N) is 1. The van der Waals surface area contributed by atoms with E-state index in [4.69, 9.17) is 0 Å². The maximum atomic E-state index is 12.1. The molecule has 0 spiro atoms. The number of hydrogen-bond donors (Lipinski definition) is 1. The molecule has 3 aromatic rings. The van der Waals surface area contributed by atoms with E-state index < -0.39 is 0 Å². The molecule has 1 aromatic carbocycles. The number of nitrogens with one attached hydrogen (secondary N) is 1. The van der Waals surface area contributed by atoms with Crippen molar-refractivity contribution in [3.8, 4) is 0 Å². The number of H-pyrrole nitrogens is 1. The summed E-state index contributed by atoms with van der Waals surface area (Å²) in [4.78, 5) is 12.1. The summed E-state index contributed by atoms with van der Waals surface area (Å²) in [6.45, 7) is 4.04. The Labute approximate surface area is 117 Å². The molecule has 0 fully saturated rings. The third-order valence-corrected chi connectivity index (χ3v) is 3.68. The van der Waals surface area contributed by atoms with Crippen LogP contribution in [-0.4, -0.2) is 9.61 Å². The molecule has 3 rings (SSSR count). The molecule has 0 aliphatic heterocycles. The molecule has 2 aromatic heterocycles. The molecule has 0 aliphatic rings. The van der Waals surface area contributed by atoms with Gasteiger partial charge < -0.3 is 0 Å². The molecule has 3 heteroatoms. The van der Waals surface area contributed by atoms with E-state index >= 15 is 0 Å². The molecule has 1 N–H and O–H groups in total. The van der Waals surface area contributed by atoms with Crippen molar-refractivity contribution in [2.45, 2.75) is 26.7 Å². The molecule has 0 amide bonds. The summed E-state index contributed by atoms with van der Waals surface area (Å²) in [5, 5.41) is 3.29. The summed E-state index contributed by atoms with van der Waals surface area (Å²) in [5.74, 6) is 0. The maximum Gasteiger partial charge on any atom is 0.205 e. The van der Waals surface area contributed by atoms with E-state index in [0.29, 0.717) is 0 Å². The lowest BCUT2D eigenvalue weighted by atomic mass is 10.1. The standard InChI is InChI=1S/C17H18N2O/c1-3-14-11-16-17(20)9-12(2)18-19(16)15(14)10-13-7-5-4-6-8-13/h4-9,11,18H,3,10H2,1-2H3. The van der Waals surface area contributed by atoms with Crippen molar-refractivity contribution in [3.63, 3.8) is 0 Å². The summed E-state index contributed by atoms with van der Waals surface area (Å²) in [6.07, 6.45) is 1.76. The molecular formula is C17H18N2O. The van der Waals surface area contributed by atoms with E-state index in [1.165, 1.54) is 16.8 Å². The van der Waals surface area contributed by atoms with Crippen LogP contribution in [-0.2, 0) is 12.8 Å². The Bertz CT molecular complexity index is 797. The van der Waals surface area contributed by atoms with E-state index in [0.717, 1.165) is 24.1 Å². The van der Waals surface area contributed by atoms with Crippen molar-refractivity contribution in [1.82, 2.24) is 9.61 Å². The average Bonchev–Trinajstić information content (AvgIpc) is 2.78. The first-order chi connectivity index (χ1) is 9.69. The van der Waals surface area contributed by atoms with Gasteiger partial charge in [-0.25, -0.2) is 0 Å². The minimum absolute atomic E-state index is 0.0789. The Kier molecular flexibility index (Phi) is 3.18. The van der Waals surface area contributed by atoms with Crippen LogP contribution < -0.4 is 5.43 Å². The fraction of sp³-hybridized carbons (Fsp3) is 0.235. The average molecular weight is 266 g/mol. The highest BCUT2D eigenvalue weighted by Gasteiger charge is 2.12. The SMILES string of the molecule is CCc1cc2c(=O)cc(C)[nH]n2c1Cc1ccccc1. The molecule has 0 unspecified atom stereocenters. The molecule has 0 atom stereocenters. The van der Waals surface area contributed by atoms with Gasteiger partial charge >= 0.3 is 0 Å². The Morgan fingerprint density at radius 3 is 2.60 bits per heavy atom. The quantitative estimate of drug-likeness (QED) is 0.777. The van der Waals surface area contributed by atoms with Gasteiger partial charge in [0.15, 0.2) is 0 Å². The highest BCUT2D eigenvalue weighted by molar-refractivity contribution is 5.53. The van der Waals surface area contributed by atoms with Crippen LogP contribution in [0.25, 0.3) is 5.52 Å². The highest BCUT2D eigenvalue weighted by Crippen LogP contribution is 2.18. The van der Waals surface area contributed by atoms with Gasteiger partial charge in [-0.2, -0.15) is 0 Å². The zero-order valence-electron chi connectivity index (χ0n) is 11.8. The maximum absolute atomic E-state index is 12.1. The predicted molar refractivity (Wildman–Crippen MR) is 81.4 cm³/mol. The van der Waals surface area contributed by atoms with Crippen LogP contribution >= 0.6 is 0 Å². The van der Waals surface area contributed by atoms with Crippen molar-refractivity contribution < 1.29 is 0 Å². The fourth-order valence-corrected chi connectivity index (χ4v) is 2.68. The molecule has 0 saturated heterocycles. The van der Waals surface area contributed by atoms with Crippen molar-refractivity contribution in [1.29, 1.82) is 0 Å². The third-order valence-electron chi connectivity index (χ3n) is 3.68. The summed E-state index contributed by atoms with van der Waals surface area (Å²) < 4.78 is 1.95. The first-order valence-electron chi connectivity index (χ1n) is 6.96. The number of fused-ring (bicyclic) bond motifs is 1. The van der Waals surface area contributed by atoms with Gasteiger partial charge in [0, 0.05) is 23.9 Å². The van der Waals surface area contributed by atoms with Crippen LogP contribution in [0.5, 0.6) is 0 Å². The minimum atomic E-state index is 0.0789. The zero-order valence-corrected chi connectivity index (χ0v) is 11.8. The lowest BCUT2D eigenvalue weighted by Crippen LogP contribution is -2.10. The van der Waals surface area contributed by atoms with Crippen LogP contribution in [0.2, 0.25) is 0 Å². The smallest absolute Gasteiger partial charge is 0.205 e. The van der Waals surface area contributed by atoms with Gasteiger partial charge in [-0.05, 0) is 30.5 Å². The second kappa shape index (κ2) is 5.00. The molecular weight excluding hydrogens is 248 g/mol. The van der Waals surface area contributed by atoms with Crippen molar-refractivity contribution in [2.24, 2.45) is 0 Å². The van der Waals surface area contributed by atoms with Gasteiger partial charge in [-0.1, -0.05) is 37.3 Å². The van der Waals surface area contributed by atoms with Gasteiger partial charge in [-0.15, -0.1) is 0 Å². The van der Waals surface area contributed by atoms with E-state index in [-0.39, 0.29) is 5.43 Å². The Morgan fingerprint density at radius 1 is 1.15 bits per heavy atom. The van der Waals surface area contributed by atoms with E-state index in [2.05, 4.69) is 24.2 Å². The number of benzene rings is 1. The summed E-state index contributed by atoms with van der Waals surface area (Å²) >= 11 is 0. The molecule has 0 saturated carbocycles. The fourth-order valence-electron chi connectivity index (χ4n) is 2.68. The number of aryl methyl sites for hydroxylation is 2. The molecule has 102 valence electrons. The Morgan fingerprint density at radius 2 is 1.90 bits per heavy atom. The summed E-state index contributed by atoms with van der Waals surface area (Å²) in [5.41, 5.74) is 5.36. The highest BCUT2D eigenvalue weighted by atomic mass is 16.1. The molecule has 0 bridgehead atoms. The molecule has 0 radical (unpaired) electrons. The van der Waals surface area contributed by atoms with Gasteiger partial charge in [-0.3, -0.25) is 14.4 Å². The normalized spacial score (nSPS) is 11.1. The molecule has 3 nitrogen and oxygen atoms in total. The van der Waals surface area contributed by atoms with E-state index in [9.17, 15) is 4.79 Å². The first-order valence-corrected chi connectivity index (χ1v) is 6.96. The van der Waals surface area contributed by atoms with Gasteiger partial charge in [0.1, 0.15) is 5.52 Å². The number of aromatic amines is 1. The lowest BCUT2D eigenvalue weighted by Gasteiger charge is -2.07. The number of aromatic nitrogens is 2. The third kappa shape index (κ3) is 2.16. The number of hydrogen-bond acceptors (Lipinski definition) is 1. The van der Waals surface area contributed by atoms with Crippen molar-refractivity contribution in [3.05, 3.63) is 75.2 Å². The Balaban J connectivity index is 2.20. The summed E-state index contributed by atoms with van der Waals surface area (Å²) in [7, 11) is 0. The van der Waals surface area contributed by atoms with Crippen LogP contribution in [0.3, 0.4) is 0 Å². The topological polar surface area (TPSA) is 37.3 Å². The summed E-state index contributed by atoms with van der Waals surface area (Å²) in [6, 6.07) is 14.0. The first kappa shape index (κ1) is 12.7. The second-order valence-corrected chi connectivity index (χ2v) is 5.16.